The minimum atomic E-state index is 0.806. The second kappa shape index (κ2) is 6.21. The highest BCUT2D eigenvalue weighted by Crippen LogP contribution is 2.47. The van der Waals surface area contributed by atoms with Crippen molar-refractivity contribution in [2.45, 2.75) is 32.6 Å². The average Bonchev–Trinajstić information content (AvgIpc) is 2.84. The quantitative estimate of drug-likeness (QED) is 0.547. The molecule has 0 bridgehead atoms. The lowest BCUT2D eigenvalue weighted by Crippen LogP contribution is -2.16. The van der Waals surface area contributed by atoms with Gasteiger partial charge in [-0.2, -0.15) is 0 Å². The summed E-state index contributed by atoms with van der Waals surface area (Å²) in [7, 11) is 0. The summed E-state index contributed by atoms with van der Waals surface area (Å²) in [5.74, 6) is 1.06. The Morgan fingerprint density at radius 2 is 1.50 bits per heavy atom. The van der Waals surface area contributed by atoms with Crippen molar-refractivity contribution in [1.82, 2.24) is 0 Å². The highest BCUT2D eigenvalue weighted by molar-refractivity contribution is 5.85. The van der Waals surface area contributed by atoms with E-state index in [1.807, 2.05) is 0 Å². The van der Waals surface area contributed by atoms with Gasteiger partial charge in [0, 0.05) is 11.4 Å². The molecule has 0 aliphatic carbocycles. The minimum Gasteiger partial charge on any atom is -0.491 e. The molecular formula is C24H23NO. The van der Waals surface area contributed by atoms with Gasteiger partial charge in [0.15, 0.2) is 0 Å². The van der Waals surface area contributed by atoms with Crippen molar-refractivity contribution in [3.8, 4) is 5.75 Å². The number of hydrogen-bond donors (Lipinski definition) is 0. The van der Waals surface area contributed by atoms with Gasteiger partial charge in [0.2, 0.25) is 0 Å². The Morgan fingerprint density at radius 3 is 2.46 bits per heavy atom. The summed E-state index contributed by atoms with van der Waals surface area (Å²) >= 11 is 0. The number of hydrogen-bond acceptors (Lipinski definition) is 2. The van der Waals surface area contributed by atoms with Crippen molar-refractivity contribution in [1.29, 1.82) is 0 Å². The predicted octanol–water partition coefficient (Wildman–Crippen LogP) is 5.89. The molecule has 0 radical (unpaired) electrons. The number of benzene rings is 3. The number of nitrogens with zero attached hydrogens (tertiary/aromatic N) is 1. The first-order valence-corrected chi connectivity index (χ1v) is 9.53. The monoisotopic (exact) mass is 341 g/mol. The lowest BCUT2D eigenvalue weighted by atomic mass is 10.0. The Morgan fingerprint density at radius 1 is 0.731 bits per heavy atom. The molecule has 0 N–H and O–H groups in total. The first-order chi connectivity index (χ1) is 12.8. The van der Waals surface area contributed by atoms with Crippen molar-refractivity contribution in [2.24, 2.45) is 0 Å². The summed E-state index contributed by atoms with van der Waals surface area (Å²) in [6.07, 6.45) is 4.33. The summed E-state index contributed by atoms with van der Waals surface area (Å²) in [6.45, 7) is 2.98. The molecule has 26 heavy (non-hydrogen) atoms. The Kier molecular flexibility index (Phi) is 3.70. The van der Waals surface area contributed by atoms with E-state index in [0.29, 0.717) is 0 Å². The van der Waals surface area contributed by atoms with E-state index >= 15 is 0 Å². The van der Waals surface area contributed by atoms with Gasteiger partial charge < -0.3 is 9.64 Å². The van der Waals surface area contributed by atoms with Crippen molar-refractivity contribution >= 4 is 17.1 Å². The summed E-state index contributed by atoms with van der Waals surface area (Å²) in [5.41, 5.74) is 9.18. The third kappa shape index (κ3) is 2.48. The van der Waals surface area contributed by atoms with Crippen LogP contribution < -0.4 is 9.64 Å². The van der Waals surface area contributed by atoms with Crippen LogP contribution in [0.1, 0.15) is 28.7 Å². The van der Waals surface area contributed by atoms with E-state index < -0.39 is 0 Å². The van der Waals surface area contributed by atoms with Crippen LogP contribution in [-0.4, -0.2) is 6.61 Å². The SMILES string of the molecule is Cc1ccc2c(c1)CCc1ccccc1N2c1cccc2c1OCCC2. The smallest absolute Gasteiger partial charge is 0.146 e. The van der Waals surface area contributed by atoms with Gasteiger partial charge in [0.05, 0.1) is 12.3 Å². The number of para-hydroxylation sites is 2. The Labute approximate surface area is 155 Å². The third-order valence-corrected chi connectivity index (χ3v) is 5.53. The molecular weight excluding hydrogens is 318 g/mol. The maximum Gasteiger partial charge on any atom is 0.146 e. The fourth-order valence-electron chi connectivity index (χ4n) is 4.28. The second-order valence-corrected chi connectivity index (χ2v) is 7.31. The maximum atomic E-state index is 6.16. The Bertz CT molecular complexity index is 976. The molecule has 2 aliphatic heterocycles. The lowest BCUT2D eigenvalue weighted by Gasteiger charge is -2.31. The zero-order valence-electron chi connectivity index (χ0n) is 15.2. The van der Waals surface area contributed by atoms with E-state index in [1.165, 1.54) is 39.3 Å². The van der Waals surface area contributed by atoms with Gasteiger partial charge >= 0.3 is 0 Å². The number of ether oxygens (including phenoxy) is 1. The molecule has 0 atom stereocenters. The molecule has 2 heteroatoms. The zero-order chi connectivity index (χ0) is 17.5. The van der Waals surface area contributed by atoms with Crippen LogP contribution in [0.4, 0.5) is 17.1 Å². The van der Waals surface area contributed by atoms with Crippen molar-refractivity contribution in [3.05, 3.63) is 82.9 Å². The fraction of sp³-hybridized carbons (Fsp3) is 0.250. The molecule has 130 valence electrons. The lowest BCUT2D eigenvalue weighted by molar-refractivity contribution is 0.289. The van der Waals surface area contributed by atoms with Crippen molar-refractivity contribution in [2.75, 3.05) is 11.5 Å². The Hall–Kier alpha value is -2.74. The summed E-state index contributed by atoms with van der Waals surface area (Å²) in [4.78, 5) is 2.42. The first kappa shape index (κ1) is 15.5. The van der Waals surface area contributed by atoms with Crippen LogP contribution in [-0.2, 0) is 19.3 Å². The zero-order valence-corrected chi connectivity index (χ0v) is 15.2. The number of fused-ring (bicyclic) bond motifs is 3. The molecule has 0 saturated carbocycles. The van der Waals surface area contributed by atoms with Gasteiger partial charge in [-0.25, -0.2) is 0 Å². The van der Waals surface area contributed by atoms with Gasteiger partial charge in [-0.3, -0.25) is 0 Å². The fourth-order valence-corrected chi connectivity index (χ4v) is 4.28. The summed E-state index contributed by atoms with van der Waals surface area (Å²) in [6, 6.07) is 22.2. The highest BCUT2D eigenvalue weighted by Gasteiger charge is 2.26. The molecule has 3 aromatic rings. The number of rotatable bonds is 1. The topological polar surface area (TPSA) is 12.5 Å². The number of anilines is 3. The van der Waals surface area contributed by atoms with Crippen LogP contribution >= 0.6 is 0 Å². The maximum absolute atomic E-state index is 6.16. The molecule has 0 unspecified atom stereocenters. The molecule has 2 nitrogen and oxygen atoms in total. The molecule has 0 saturated heterocycles. The van der Waals surface area contributed by atoms with Crippen LogP contribution in [0.15, 0.2) is 60.7 Å². The minimum absolute atomic E-state index is 0.806. The van der Waals surface area contributed by atoms with E-state index in [-0.39, 0.29) is 0 Å². The van der Waals surface area contributed by atoms with Crippen molar-refractivity contribution in [3.63, 3.8) is 0 Å². The molecule has 0 aromatic heterocycles. The third-order valence-electron chi connectivity index (χ3n) is 5.53. The van der Waals surface area contributed by atoms with Crippen LogP contribution in [0.25, 0.3) is 0 Å². The van der Waals surface area contributed by atoms with E-state index in [0.717, 1.165) is 38.0 Å². The van der Waals surface area contributed by atoms with Crippen molar-refractivity contribution < 1.29 is 4.74 Å². The standard InChI is InChI=1S/C24H23NO/c1-17-11-14-22-20(16-17)13-12-18-6-2-3-9-21(18)25(22)23-10-4-7-19-8-5-15-26-24(19)23/h2-4,6-7,9-11,14,16H,5,8,12-13,15H2,1H3. The molecule has 2 heterocycles. The molecule has 0 amide bonds. The van der Waals surface area contributed by atoms with E-state index in [4.69, 9.17) is 4.74 Å². The highest BCUT2D eigenvalue weighted by atomic mass is 16.5. The largest absolute Gasteiger partial charge is 0.491 e. The normalized spacial score (nSPS) is 15.3. The summed E-state index contributed by atoms with van der Waals surface area (Å²) in [5, 5.41) is 0. The van der Waals surface area contributed by atoms with Gasteiger partial charge in [0.25, 0.3) is 0 Å². The number of aryl methyl sites for hydroxylation is 4. The van der Waals surface area contributed by atoms with Crippen LogP contribution in [0.3, 0.4) is 0 Å². The predicted molar refractivity (Wildman–Crippen MR) is 107 cm³/mol. The second-order valence-electron chi connectivity index (χ2n) is 7.31. The molecule has 2 aliphatic rings. The Balaban J connectivity index is 1.78. The van der Waals surface area contributed by atoms with Crippen LogP contribution in [0, 0.1) is 6.92 Å². The average molecular weight is 341 g/mol. The van der Waals surface area contributed by atoms with E-state index in [1.54, 1.807) is 0 Å². The first-order valence-electron chi connectivity index (χ1n) is 9.53. The van der Waals surface area contributed by atoms with Gasteiger partial charge in [-0.05, 0) is 67.5 Å². The molecule has 0 spiro atoms. The van der Waals surface area contributed by atoms with Crippen LogP contribution in [0.5, 0.6) is 5.75 Å². The molecule has 5 rings (SSSR count). The van der Waals surface area contributed by atoms with Crippen LogP contribution in [0.2, 0.25) is 0 Å². The molecule has 0 fully saturated rings. The van der Waals surface area contributed by atoms with E-state index in [9.17, 15) is 0 Å². The molecule has 3 aromatic carbocycles. The van der Waals surface area contributed by atoms with Gasteiger partial charge in [-0.1, -0.05) is 48.0 Å². The van der Waals surface area contributed by atoms with Gasteiger partial charge in [0.1, 0.15) is 5.75 Å². The van der Waals surface area contributed by atoms with Gasteiger partial charge in [-0.15, -0.1) is 0 Å². The van der Waals surface area contributed by atoms with E-state index in [2.05, 4.69) is 72.5 Å². The summed E-state index contributed by atoms with van der Waals surface area (Å²) < 4.78 is 6.16.